The first-order valence-corrected chi connectivity index (χ1v) is 5.83. The average molecular weight is 368 g/mol. The summed E-state index contributed by atoms with van der Waals surface area (Å²) in [6.07, 6.45) is -5.19. The lowest BCUT2D eigenvalue weighted by Crippen LogP contribution is -2.42. The van der Waals surface area contributed by atoms with Gasteiger partial charge in [0.2, 0.25) is 0 Å². The number of ether oxygens (including phenoxy) is 1. The first-order valence-electron chi connectivity index (χ1n) is 5.83. The van der Waals surface area contributed by atoms with Gasteiger partial charge in [0, 0.05) is 5.56 Å². The summed E-state index contributed by atoms with van der Waals surface area (Å²) in [6, 6.07) is -2.55. The van der Waals surface area contributed by atoms with E-state index in [1.165, 1.54) is 6.92 Å². The second kappa shape index (κ2) is 7.26. The van der Waals surface area contributed by atoms with E-state index < -0.39 is 53.4 Å². The maximum atomic E-state index is 13.8. The number of esters is 1. The van der Waals surface area contributed by atoms with Crippen molar-refractivity contribution in [2.75, 3.05) is 6.61 Å². The lowest BCUT2D eigenvalue weighted by Gasteiger charge is -2.25. The third kappa shape index (κ3) is 4.20. The summed E-state index contributed by atoms with van der Waals surface area (Å²) < 4.78 is 83.2. The molecule has 23 heavy (non-hydrogen) atoms. The fourth-order valence-electron chi connectivity index (χ4n) is 1.68. The van der Waals surface area contributed by atoms with Gasteiger partial charge in [0.05, 0.1) is 12.2 Å². The molecule has 0 aromatic heterocycles. The van der Waals surface area contributed by atoms with Crippen molar-refractivity contribution in [3.8, 4) is 5.75 Å². The highest BCUT2D eigenvalue weighted by Gasteiger charge is 2.51. The van der Waals surface area contributed by atoms with E-state index in [-0.39, 0.29) is 24.5 Å². The third-order valence-electron chi connectivity index (χ3n) is 2.72. The Kier molecular flexibility index (Phi) is 6.73. The van der Waals surface area contributed by atoms with Gasteiger partial charge in [0.25, 0.3) is 0 Å². The van der Waals surface area contributed by atoms with Crippen LogP contribution in [-0.4, -0.2) is 23.6 Å². The minimum atomic E-state index is -5.19. The number of phenolic OH excluding ortho intramolecular Hbond substituents is 1. The van der Waals surface area contributed by atoms with Gasteiger partial charge >= 0.3 is 18.1 Å². The van der Waals surface area contributed by atoms with Crippen LogP contribution < -0.4 is 5.73 Å². The fourth-order valence-corrected chi connectivity index (χ4v) is 1.68. The Hall–Kier alpha value is -1.68. The van der Waals surface area contributed by atoms with E-state index in [0.29, 0.717) is 0 Å². The molecule has 0 bridgehead atoms. The van der Waals surface area contributed by atoms with Crippen molar-refractivity contribution in [3.63, 3.8) is 0 Å². The molecule has 0 fully saturated rings. The highest BCUT2D eigenvalue weighted by molar-refractivity contribution is 5.85. The van der Waals surface area contributed by atoms with Crippen molar-refractivity contribution < 1.29 is 41.0 Å². The zero-order chi connectivity index (χ0) is 17.3. The number of halogens is 7. The predicted octanol–water partition coefficient (Wildman–Crippen LogP) is 3.17. The van der Waals surface area contributed by atoms with Crippen LogP contribution in [0.5, 0.6) is 5.75 Å². The van der Waals surface area contributed by atoms with E-state index >= 15 is 0 Å². The van der Waals surface area contributed by atoms with Crippen molar-refractivity contribution in [1.82, 2.24) is 0 Å². The second-order valence-electron chi connectivity index (χ2n) is 4.18. The molecular formula is C12H12ClF6NO3. The molecule has 0 saturated carbocycles. The Balaban J connectivity index is 0.00000484. The largest absolute Gasteiger partial charge is 0.505 e. The number of rotatable bonds is 4. The molecule has 132 valence electrons. The Bertz CT molecular complexity index is 579. The van der Waals surface area contributed by atoms with Crippen molar-refractivity contribution in [1.29, 1.82) is 0 Å². The van der Waals surface area contributed by atoms with Crippen LogP contribution in [0.2, 0.25) is 0 Å². The van der Waals surface area contributed by atoms with E-state index in [1.54, 1.807) is 0 Å². The van der Waals surface area contributed by atoms with Crippen molar-refractivity contribution in [2.45, 2.75) is 25.1 Å². The monoisotopic (exact) mass is 367 g/mol. The quantitative estimate of drug-likeness (QED) is 0.633. The van der Waals surface area contributed by atoms with E-state index in [0.717, 1.165) is 0 Å². The molecule has 0 amide bonds. The average Bonchev–Trinajstić information content (AvgIpc) is 2.39. The summed E-state index contributed by atoms with van der Waals surface area (Å²) in [6.45, 7) is 0.725. The summed E-state index contributed by atoms with van der Waals surface area (Å²) in [7, 11) is 0. The van der Waals surface area contributed by atoms with Crippen LogP contribution in [0.25, 0.3) is 0 Å². The smallest absolute Gasteiger partial charge is 0.416 e. The molecule has 0 spiro atoms. The number of hydrogen-bond acceptors (Lipinski definition) is 4. The minimum Gasteiger partial charge on any atom is -0.505 e. The molecule has 4 nitrogen and oxygen atoms in total. The zero-order valence-corrected chi connectivity index (χ0v) is 12.3. The maximum absolute atomic E-state index is 13.8. The van der Waals surface area contributed by atoms with Crippen molar-refractivity contribution in [3.05, 3.63) is 29.1 Å². The van der Waals surface area contributed by atoms with Gasteiger partial charge in [-0.3, -0.25) is 0 Å². The molecule has 0 saturated heterocycles. The Morgan fingerprint density at radius 2 is 1.83 bits per heavy atom. The molecule has 0 unspecified atom stereocenters. The minimum absolute atomic E-state index is 0. The van der Waals surface area contributed by atoms with Crippen LogP contribution in [0.4, 0.5) is 26.3 Å². The van der Waals surface area contributed by atoms with Crippen LogP contribution in [-0.2, 0) is 15.7 Å². The van der Waals surface area contributed by atoms with E-state index in [9.17, 15) is 36.2 Å². The van der Waals surface area contributed by atoms with Crippen LogP contribution in [0.3, 0.4) is 0 Å². The molecule has 1 atom stereocenters. The summed E-state index contributed by atoms with van der Waals surface area (Å²) in [5, 5.41) is 9.35. The lowest BCUT2D eigenvalue weighted by atomic mass is 9.94. The Morgan fingerprint density at radius 1 is 1.30 bits per heavy atom. The molecule has 3 N–H and O–H groups in total. The first-order chi connectivity index (χ1) is 9.94. The third-order valence-corrected chi connectivity index (χ3v) is 2.72. The molecule has 1 rings (SSSR count). The van der Waals surface area contributed by atoms with Crippen molar-refractivity contribution >= 4 is 18.4 Å². The Morgan fingerprint density at radius 3 is 2.26 bits per heavy atom. The van der Waals surface area contributed by atoms with Crippen LogP contribution in [0.15, 0.2) is 12.1 Å². The van der Waals surface area contributed by atoms with E-state index in [1.807, 2.05) is 0 Å². The van der Waals surface area contributed by atoms with Gasteiger partial charge in [-0.2, -0.15) is 22.0 Å². The zero-order valence-electron chi connectivity index (χ0n) is 11.5. The topological polar surface area (TPSA) is 72.5 Å². The van der Waals surface area contributed by atoms with Crippen molar-refractivity contribution in [2.24, 2.45) is 5.73 Å². The number of nitrogens with two attached hydrogens (primary N) is 1. The second-order valence-corrected chi connectivity index (χ2v) is 4.18. The molecule has 0 aliphatic rings. The van der Waals surface area contributed by atoms with Crippen LogP contribution >= 0.6 is 12.4 Å². The molecular weight excluding hydrogens is 356 g/mol. The lowest BCUT2D eigenvalue weighted by molar-refractivity contribution is -0.175. The normalized spacial score (nSPS) is 13.2. The summed E-state index contributed by atoms with van der Waals surface area (Å²) in [5.74, 6) is -10.1. The highest BCUT2D eigenvalue weighted by atomic mass is 35.5. The standard InChI is InChI=1S/C12H11F6NO3.ClH/c1-2-22-10(21)11(14,15)9(19)7-5(12(16,17)18)3-4-6(13)8(7)20;/h3-4,9,20H,2,19H2,1H3;1H/t9-;/m1./s1. The van der Waals surface area contributed by atoms with Gasteiger partial charge in [-0.1, -0.05) is 0 Å². The number of phenols is 1. The number of carbonyl (C=O) groups is 1. The van der Waals surface area contributed by atoms with Gasteiger partial charge in [-0.05, 0) is 19.1 Å². The molecule has 11 heteroatoms. The summed E-state index contributed by atoms with van der Waals surface area (Å²) in [5.41, 5.74) is 1.60. The SMILES string of the molecule is CCOC(=O)C(F)(F)[C@H](N)c1c(C(F)(F)F)ccc(F)c1O.Cl. The molecule has 0 radical (unpaired) electrons. The van der Waals surface area contributed by atoms with Gasteiger partial charge in [-0.15, -0.1) is 12.4 Å². The number of alkyl halides is 5. The van der Waals surface area contributed by atoms with Crippen LogP contribution in [0.1, 0.15) is 24.1 Å². The fraction of sp³-hybridized carbons (Fsp3) is 0.417. The summed E-state index contributed by atoms with van der Waals surface area (Å²) in [4.78, 5) is 11.1. The van der Waals surface area contributed by atoms with Gasteiger partial charge in [0.15, 0.2) is 11.6 Å². The van der Waals surface area contributed by atoms with Gasteiger partial charge < -0.3 is 15.6 Å². The molecule has 0 aliphatic heterocycles. The van der Waals surface area contributed by atoms with Gasteiger partial charge in [0.1, 0.15) is 6.04 Å². The van der Waals surface area contributed by atoms with E-state index in [2.05, 4.69) is 4.74 Å². The number of aromatic hydroxyl groups is 1. The Labute approximate surface area is 132 Å². The molecule has 1 aromatic carbocycles. The maximum Gasteiger partial charge on any atom is 0.416 e. The number of carbonyl (C=O) groups excluding carboxylic acids is 1. The number of hydrogen-bond donors (Lipinski definition) is 2. The van der Waals surface area contributed by atoms with Crippen LogP contribution in [0, 0.1) is 5.82 Å². The summed E-state index contributed by atoms with van der Waals surface area (Å²) >= 11 is 0. The van der Waals surface area contributed by atoms with E-state index in [4.69, 9.17) is 5.73 Å². The number of benzene rings is 1. The first kappa shape index (κ1) is 21.3. The predicted molar refractivity (Wildman–Crippen MR) is 68.8 cm³/mol. The van der Waals surface area contributed by atoms with Gasteiger partial charge in [-0.25, -0.2) is 9.18 Å². The highest BCUT2D eigenvalue weighted by Crippen LogP contribution is 2.43. The molecule has 1 aromatic rings. The molecule has 0 heterocycles. The molecule has 0 aliphatic carbocycles.